The van der Waals surface area contributed by atoms with Crippen LogP contribution in [-0.4, -0.2) is 20.5 Å². The smallest absolute Gasteiger partial charge is 0.335 e. The molecule has 5 heteroatoms. The number of rotatable bonds is 5. The number of ether oxygens (including phenoxy) is 1. The van der Waals surface area contributed by atoms with E-state index in [9.17, 15) is 4.79 Å². The van der Waals surface area contributed by atoms with E-state index >= 15 is 0 Å². The predicted octanol–water partition coefficient (Wildman–Crippen LogP) is 3.10. The van der Waals surface area contributed by atoms with E-state index in [-0.39, 0.29) is 5.56 Å². The molecule has 2 aromatic heterocycles. The van der Waals surface area contributed by atoms with Gasteiger partial charge in [-0.15, -0.1) is 12.3 Å². The lowest BCUT2D eigenvalue weighted by Crippen LogP contribution is -2.00. The van der Waals surface area contributed by atoms with Gasteiger partial charge in [0.05, 0.1) is 23.4 Å². The summed E-state index contributed by atoms with van der Waals surface area (Å²) in [7, 11) is 0. The molecule has 0 spiro atoms. The van der Waals surface area contributed by atoms with Gasteiger partial charge < -0.3 is 9.84 Å². The van der Waals surface area contributed by atoms with Gasteiger partial charge in [0.15, 0.2) is 11.4 Å². The Morgan fingerprint density at radius 3 is 2.75 bits per heavy atom. The lowest BCUT2D eigenvalue weighted by molar-refractivity contribution is 0.0697. The minimum absolute atomic E-state index is 0.253. The predicted molar refractivity (Wildman–Crippen MR) is 90.2 cm³/mol. The summed E-state index contributed by atoms with van der Waals surface area (Å²) in [5.74, 6) is 2.36. The van der Waals surface area contributed by atoms with E-state index in [4.69, 9.17) is 16.3 Å². The molecule has 3 aromatic rings. The van der Waals surface area contributed by atoms with E-state index in [1.807, 2.05) is 29.7 Å². The van der Waals surface area contributed by atoms with E-state index in [1.54, 1.807) is 24.3 Å². The standard InChI is InChI=1S/C19H16N2O3/c1-3-5-16-13(2)20-18-17(6-4-11-21(16)18)24-12-14-7-9-15(10-8-14)19(22)23/h1,4,6-11H,5,12H2,2H3,(H,22,23). The second-order valence-electron chi connectivity index (χ2n) is 5.38. The maximum Gasteiger partial charge on any atom is 0.335 e. The Morgan fingerprint density at radius 2 is 2.08 bits per heavy atom. The Morgan fingerprint density at radius 1 is 1.33 bits per heavy atom. The first kappa shape index (κ1) is 15.6. The first-order chi connectivity index (χ1) is 11.6. The summed E-state index contributed by atoms with van der Waals surface area (Å²) >= 11 is 0. The Kier molecular flexibility index (Phi) is 4.21. The fourth-order valence-electron chi connectivity index (χ4n) is 2.53. The number of terminal acetylenes is 1. The average molecular weight is 320 g/mol. The van der Waals surface area contributed by atoms with Crippen LogP contribution in [0.1, 0.15) is 27.3 Å². The number of hydrogen-bond donors (Lipinski definition) is 1. The quantitative estimate of drug-likeness (QED) is 0.734. The summed E-state index contributed by atoms with van der Waals surface area (Å²) in [5.41, 5.74) is 3.72. The van der Waals surface area contributed by atoms with Crippen molar-refractivity contribution in [2.24, 2.45) is 0 Å². The van der Waals surface area contributed by atoms with Gasteiger partial charge >= 0.3 is 5.97 Å². The Bertz CT molecular complexity index is 934. The van der Waals surface area contributed by atoms with Crippen molar-refractivity contribution < 1.29 is 14.6 Å². The molecule has 0 bridgehead atoms. The first-order valence-corrected chi connectivity index (χ1v) is 7.45. The van der Waals surface area contributed by atoms with Crippen molar-refractivity contribution >= 4 is 11.6 Å². The highest BCUT2D eigenvalue weighted by atomic mass is 16.5. The fourth-order valence-corrected chi connectivity index (χ4v) is 2.53. The van der Waals surface area contributed by atoms with Gasteiger partial charge in [0.25, 0.3) is 0 Å². The van der Waals surface area contributed by atoms with Crippen LogP contribution in [0.2, 0.25) is 0 Å². The normalized spacial score (nSPS) is 10.5. The highest BCUT2D eigenvalue weighted by Crippen LogP contribution is 2.23. The first-order valence-electron chi connectivity index (χ1n) is 7.45. The minimum Gasteiger partial charge on any atom is -0.485 e. The molecule has 0 atom stereocenters. The molecule has 2 heterocycles. The van der Waals surface area contributed by atoms with E-state index < -0.39 is 5.97 Å². The zero-order valence-corrected chi connectivity index (χ0v) is 13.2. The molecule has 0 saturated heterocycles. The summed E-state index contributed by atoms with van der Waals surface area (Å²) in [6.07, 6.45) is 7.84. The molecule has 0 aliphatic carbocycles. The van der Waals surface area contributed by atoms with Crippen LogP contribution < -0.4 is 4.74 Å². The van der Waals surface area contributed by atoms with Gasteiger partial charge in [-0.1, -0.05) is 12.1 Å². The molecule has 0 aliphatic rings. The third-order valence-corrected chi connectivity index (χ3v) is 3.78. The third-order valence-electron chi connectivity index (χ3n) is 3.78. The molecule has 5 nitrogen and oxygen atoms in total. The topological polar surface area (TPSA) is 63.8 Å². The van der Waals surface area contributed by atoms with Gasteiger partial charge in [0.2, 0.25) is 0 Å². The van der Waals surface area contributed by atoms with Crippen molar-refractivity contribution in [1.82, 2.24) is 9.38 Å². The summed E-state index contributed by atoms with van der Waals surface area (Å²) in [6.45, 7) is 2.25. The molecule has 120 valence electrons. The van der Waals surface area contributed by atoms with Crippen molar-refractivity contribution in [3.8, 4) is 18.1 Å². The molecule has 3 rings (SSSR count). The maximum atomic E-state index is 10.9. The molecular formula is C19H16N2O3. The Labute approximate surface area is 139 Å². The van der Waals surface area contributed by atoms with Crippen LogP contribution in [0.5, 0.6) is 5.75 Å². The van der Waals surface area contributed by atoms with Gasteiger partial charge in [-0.25, -0.2) is 9.78 Å². The average Bonchev–Trinajstić information content (AvgIpc) is 2.90. The van der Waals surface area contributed by atoms with Crippen LogP contribution in [0, 0.1) is 19.3 Å². The number of carboxylic acid groups (broad SMARTS) is 1. The van der Waals surface area contributed by atoms with Crippen LogP contribution in [-0.2, 0) is 13.0 Å². The number of aryl methyl sites for hydroxylation is 1. The minimum atomic E-state index is -0.943. The van der Waals surface area contributed by atoms with Crippen molar-refractivity contribution in [2.45, 2.75) is 20.0 Å². The van der Waals surface area contributed by atoms with Gasteiger partial charge in [-0.3, -0.25) is 4.40 Å². The molecule has 0 fully saturated rings. The molecule has 1 N–H and O–H groups in total. The molecule has 0 saturated carbocycles. The molecule has 1 aromatic carbocycles. The van der Waals surface area contributed by atoms with Crippen molar-refractivity contribution in [3.63, 3.8) is 0 Å². The van der Waals surface area contributed by atoms with E-state index in [2.05, 4.69) is 10.9 Å². The van der Waals surface area contributed by atoms with E-state index in [0.29, 0.717) is 18.8 Å². The number of aromatic carboxylic acids is 1. The fraction of sp³-hybridized carbons (Fsp3) is 0.158. The van der Waals surface area contributed by atoms with Crippen LogP contribution in [0.25, 0.3) is 5.65 Å². The monoisotopic (exact) mass is 320 g/mol. The van der Waals surface area contributed by atoms with Gasteiger partial charge in [-0.05, 0) is 36.8 Å². The molecular weight excluding hydrogens is 304 g/mol. The number of fused-ring (bicyclic) bond motifs is 1. The second-order valence-corrected chi connectivity index (χ2v) is 5.38. The molecule has 24 heavy (non-hydrogen) atoms. The van der Waals surface area contributed by atoms with Crippen LogP contribution in [0.15, 0.2) is 42.6 Å². The summed E-state index contributed by atoms with van der Waals surface area (Å²) in [4.78, 5) is 15.4. The highest BCUT2D eigenvalue weighted by Gasteiger charge is 2.12. The van der Waals surface area contributed by atoms with Crippen LogP contribution >= 0.6 is 0 Å². The zero-order valence-electron chi connectivity index (χ0n) is 13.2. The number of benzene rings is 1. The van der Waals surface area contributed by atoms with Gasteiger partial charge in [-0.2, -0.15) is 0 Å². The van der Waals surface area contributed by atoms with Crippen LogP contribution in [0.4, 0.5) is 0 Å². The largest absolute Gasteiger partial charge is 0.485 e. The van der Waals surface area contributed by atoms with Gasteiger partial charge in [0.1, 0.15) is 6.61 Å². The molecule has 0 aliphatic heterocycles. The van der Waals surface area contributed by atoms with E-state index in [1.165, 1.54) is 0 Å². The van der Waals surface area contributed by atoms with Crippen molar-refractivity contribution in [2.75, 3.05) is 0 Å². The SMILES string of the molecule is C#CCc1c(C)nc2c(OCc3ccc(C(=O)O)cc3)cccn12. The lowest BCUT2D eigenvalue weighted by Gasteiger charge is -2.08. The summed E-state index contributed by atoms with van der Waals surface area (Å²) in [6, 6.07) is 10.3. The summed E-state index contributed by atoms with van der Waals surface area (Å²) in [5, 5.41) is 8.92. The Hall–Kier alpha value is -3.26. The number of aromatic nitrogens is 2. The van der Waals surface area contributed by atoms with Gasteiger partial charge in [0, 0.05) is 6.20 Å². The van der Waals surface area contributed by atoms with Crippen molar-refractivity contribution in [1.29, 1.82) is 0 Å². The maximum absolute atomic E-state index is 10.9. The van der Waals surface area contributed by atoms with Crippen molar-refractivity contribution in [3.05, 3.63) is 65.1 Å². The highest BCUT2D eigenvalue weighted by molar-refractivity contribution is 5.87. The second kappa shape index (κ2) is 6.47. The van der Waals surface area contributed by atoms with E-state index in [0.717, 1.165) is 22.6 Å². The molecule has 0 radical (unpaired) electrons. The number of hydrogen-bond acceptors (Lipinski definition) is 3. The lowest BCUT2D eigenvalue weighted by atomic mass is 10.1. The third kappa shape index (κ3) is 2.95. The summed E-state index contributed by atoms with van der Waals surface area (Å²) < 4.78 is 7.81. The molecule has 0 unspecified atom stereocenters. The zero-order chi connectivity index (χ0) is 17.1. The molecule has 0 amide bonds. The number of imidazole rings is 1. The Balaban J connectivity index is 1.84. The number of nitrogens with zero attached hydrogens (tertiary/aromatic N) is 2. The number of carbonyl (C=O) groups is 1. The number of carboxylic acids is 1. The number of pyridine rings is 1. The van der Waals surface area contributed by atoms with Crippen LogP contribution in [0.3, 0.4) is 0 Å².